The van der Waals surface area contributed by atoms with Crippen molar-refractivity contribution >= 4 is 0 Å². The van der Waals surface area contributed by atoms with Crippen molar-refractivity contribution in [1.82, 2.24) is 0 Å². The van der Waals surface area contributed by atoms with Crippen LogP contribution in [0.1, 0.15) is 64.4 Å². The van der Waals surface area contributed by atoms with Gasteiger partial charge < -0.3 is 9.62 Å². The minimum absolute atomic E-state index is 0.458. The van der Waals surface area contributed by atoms with E-state index < -0.39 is 0 Å². The van der Waals surface area contributed by atoms with Crippen molar-refractivity contribution in [2.24, 2.45) is 0 Å². The van der Waals surface area contributed by atoms with Crippen molar-refractivity contribution in [3.8, 4) is 5.75 Å². The fraction of sp³-hybridized carbons (Fsp3) is 0.684. The standard InChI is InChI=1S/C19H32O3/c1-3-5-6-7-8-9-10-13-18-14-11-12-15-19(18)22-21-17-16-20-4-2/h11-12,14-15H,3-10,13,16-17H2,1-2H3. The number of ether oxygens (including phenoxy) is 1. The molecule has 0 atom stereocenters. The topological polar surface area (TPSA) is 27.7 Å². The normalized spacial score (nSPS) is 10.8. The first-order valence-corrected chi connectivity index (χ1v) is 8.83. The first-order valence-electron chi connectivity index (χ1n) is 8.83. The zero-order valence-electron chi connectivity index (χ0n) is 14.3. The van der Waals surface area contributed by atoms with Crippen molar-refractivity contribution in [1.29, 1.82) is 0 Å². The molecule has 22 heavy (non-hydrogen) atoms. The Hall–Kier alpha value is -1.06. The summed E-state index contributed by atoms with van der Waals surface area (Å²) >= 11 is 0. The van der Waals surface area contributed by atoms with E-state index >= 15 is 0 Å². The van der Waals surface area contributed by atoms with Crippen LogP contribution in [0.2, 0.25) is 0 Å². The van der Waals surface area contributed by atoms with Gasteiger partial charge in [0, 0.05) is 6.61 Å². The molecule has 0 fully saturated rings. The predicted molar refractivity (Wildman–Crippen MR) is 91.2 cm³/mol. The summed E-state index contributed by atoms with van der Waals surface area (Å²) in [6.45, 7) is 5.96. The minimum atomic E-state index is 0.458. The third kappa shape index (κ3) is 9.06. The molecule has 0 amide bonds. The number of hydrogen-bond acceptors (Lipinski definition) is 3. The van der Waals surface area contributed by atoms with E-state index in [-0.39, 0.29) is 0 Å². The molecule has 1 aromatic rings. The van der Waals surface area contributed by atoms with Gasteiger partial charge in [0.15, 0.2) is 5.75 Å². The minimum Gasteiger partial charge on any atom is -0.379 e. The summed E-state index contributed by atoms with van der Waals surface area (Å²) in [6.07, 6.45) is 10.3. The molecule has 0 heterocycles. The second-order valence-electron chi connectivity index (χ2n) is 5.58. The maximum Gasteiger partial charge on any atom is 0.168 e. The van der Waals surface area contributed by atoms with Crippen molar-refractivity contribution < 1.29 is 14.5 Å². The van der Waals surface area contributed by atoms with Crippen molar-refractivity contribution in [3.63, 3.8) is 0 Å². The number of hydrogen-bond donors (Lipinski definition) is 0. The summed E-state index contributed by atoms with van der Waals surface area (Å²) < 4.78 is 5.22. The van der Waals surface area contributed by atoms with Gasteiger partial charge in [-0.15, -0.1) is 0 Å². The Kier molecular flexibility index (Phi) is 11.7. The second-order valence-corrected chi connectivity index (χ2v) is 5.58. The predicted octanol–water partition coefficient (Wildman–Crippen LogP) is 5.33. The highest BCUT2D eigenvalue weighted by Gasteiger charge is 2.04. The maximum atomic E-state index is 5.41. The Morgan fingerprint density at radius 2 is 1.55 bits per heavy atom. The summed E-state index contributed by atoms with van der Waals surface area (Å²) in [5.74, 6) is 0.838. The van der Waals surface area contributed by atoms with Crippen LogP contribution in [0.25, 0.3) is 0 Å². The Labute approximate surface area is 135 Å². The quantitative estimate of drug-likeness (QED) is 0.264. The smallest absolute Gasteiger partial charge is 0.168 e. The molecule has 3 nitrogen and oxygen atoms in total. The largest absolute Gasteiger partial charge is 0.379 e. The summed E-state index contributed by atoms with van der Waals surface area (Å²) in [4.78, 5) is 10.6. The molecule has 0 aliphatic carbocycles. The lowest BCUT2D eigenvalue weighted by molar-refractivity contribution is -0.215. The molecular weight excluding hydrogens is 276 g/mol. The van der Waals surface area contributed by atoms with Gasteiger partial charge in [0.25, 0.3) is 0 Å². The molecule has 0 radical (unpaired) electrons. The fourth-order valence-corrected chi connectivity index (χ4v) is 2.41. The van der Waals surface area contributed by atoms with E-state index in [2.05, 4.69) is 19.1 Å². The van der Waals surface area contributed by atoms with Gasteiger partial charge in [-0.1, -0.05) is 63.6 Å². The Morgan fingerprint density at radius 3 is 2.32 bits per heavy atom. The highest BCUT2D eigenvalue weighted by molar-refractivity contribution is 5.32. The highest BCUT2D eigenvalue weighted by atomic mass is 17.2. The van der Waals surface area contributed by atoms with E-state index in [9.17, 15) is 0 Å². The van der Waals surface area contributed by atoms with Crippen molar-refractivity contribution in [2.45, 2.75) is 65.2 Å². The molecule has 0 saturated heterocycles. The molecule has 0 unspecified atom stereocenters. The number of unbranched alkanes of at least 4 members (excludes halogenated alkanes) is 6. The van der Waals surface area contributed by atoms with E-state index in [1.54, 1.807) is 0 Å². The van der Waals surface area contributed by atoms with E-state index in [0.717, 1.165) is 12.2 Å². The lowest BCUT2D eigenvalue weighted by atomic mass is 10.0. The summed E-state index contributed by atoms with van der Waals surface area (Å²) in [5, 5.41) is 0. The van der Waals surface area contributed by atoms with Gasteiger partial charge in [-0.2, -0.15) is 4.89 Å². The van der Waals surface area contributed by atoms with Gasteiger partial charge in [-0.25, -0.2) is 0 Å². The Bertz CT molecular complexity index is 365. The number of benzene rings is 1. The van der Waals surface area contributed by atoms with Crippen LogP contribution in [0.4, 0.5) is 0 Å². The van der Waals surface area contributed by atoms with Crippen LogP contribution < -0.4 is 4.89 Å². The zero-order chi connectivity index (χ0) is 15.9. The zero-order valence-corrected chi connectivity index (χ0v) is 14.3. The van der Waals surface area contributed by atoms with Gasteiger partial charge in [-0.05, 0) is 31.4 Å². The lowest BCUT2D eigenvalue weighted by Crippen LogP contribution is -2.07. The summed E-state index contributed by atoms with van der Waals surface area (Å²) in [5.41, 5.74) is 1.23. The molecule has 0 aliphatic rings. The van der Waals surface area contributed by atoms with Crippen LogP contribution in [0, 0.1) is 0 Å². The van der Waals surface area contributed by atoms with Crippen LogP contribution in [0.3, 0.4) is 0 Å². The first-order chi connectivity index (χ1) is 10.9. The molecule has 1 aromatic carbocycles. The van der Waals surface area contributed by atoms with Gasteiger partial charge in [0.1, 0.15) is 6.61 Å². The molecule has 0 aromatic heterocycles. The summed E-state index contributed by atoms with van der Waals surface area (Å²) in [6, 6.07) is 8.13. The Morgan fingerprint density at radius 1 is 0.818 bits per heavy atom. The van der Waals surface area contributed by atoms with Crippen molar-refractivity contribution in [3.05, 3.63) is 29.8 Å². The number of rotatable bonds is 14. The Balaban J connectivity index is 2.19. The average molecular weight is 308 g/mol. The number of para-hydroxylation sites is 1. The molecule has 0 bridgehead atoms. The third-order valence-electron chi connectivity index (χ3n) is 3.69. The van der Waals surface area contributed by atoms with Gasteiger partial charge in [0.05, 0.1) is 6.61 Å². The molecular formula is C19H32O3. The van der Waals surface area contributed by atoms with Gasteiger partial charge in [-0.3, -0.25) is 0 Å². The molecule has 0 spiro atoms. The SMILES string of the molecule is CCCCCCCCCc1ccccc1OOCCOCC. The molecule has 0 N–H and O–H groups in total. The van der Waals surface area contributed by atoms with E-state index in [1.165, 1.54) is 50.5 Å². The van der Waals surface area contributed by atoms with Gasteiger partial charge in [0.2, 0.25) is 0 Å². The van der Waals surface area contributed by atoms with Crippen LogP contribution in [0.5, 0.6) is 5.75 Å². The lowest BCUT2D eigenvalue weighted by Gasteiger charge is -2.10. The van der Waals surface area contributed by atoms with E-state index in [1.807, 2.05) is 19.1 Å². The van der Waals surface area contributed by atoms with Crippen LogP contribution in [-0.4, -0.2) is 19.8 Å². The first kappa shape index (κ1) is 19.0. The molecule has 126 valence electrons. The molecule has 1 rings (SSSR count). The van der Waals surface area contributed by atoms with E-state index in [0.29, 0.717) is 19.8 Å². The number of aryl methyl sites for hydroxylation is 1. The average Bonchev–Trinajstić information content (AvgIpc) is 2.55. The fourth-order valence-electron chi connectivity index (χ4n) is 2.41. The summed E-state index contributed by atoms with van der Waals surface area (Å²) in [7, 11) is 0. The third-order valence-corrected chi connectivity index (χ3v) is 3.69. The second kappa shape index (κ2) is 13.6. The van der Waals surface area contributed by atoms with Gasteiger partial charge >= 0.3 is 0 Å². The molecule has 0 aliphatic heterocycles. The highest BCUT2D eigenvalue weighted by Crippen LogP contribution is 2.21. The molecule has 3 heteroatoms. The van der Waals surface area contributed by atoms with Crippen LogP contribution in [-0.2, 0) is 16.0 Å². The monoisotopic (exact) mass is 308 g/mol. The van der Waals surface area contributed by atoms with E-state index in [4.69, 9.17) is 14.5 Å². The maximum absolute atomic E-state index is 5.41. The van der Waals surface area contributed by atoms with Crippen molar-refractivity contribution in [2.75, 3.05) is 19.8 Å². The molecule has 0 saturated carbocycles. The van der Waals surface area contributed by atoms with Crippen LogP contribution >= 0.6 is 0 Å². The van der Waals surface area contributed by atoms with Crippen LogP contribution in [0.15, 0.2) is 24.3 Å².